The van der Waals surface area contributed by atoms with E-state index in [1.165, 1.54) is 11.3 Å². The lowest BCUT2D eigenvalue weighted by molar-refractivity contribution is 0.0180. The number of benzene rings is 1. The Morgan fingerprint density at radius 3 is 3.08 bits per heavy atom. The average molecular weight is 370 g/mol. The Kier molecular flexibility index (Phi) is 4.11. The molecule has 9 heteroatoms. The van der Waals surface area contributed by atoms with E-state index in [4.69, 9.17) is 13.7 Å². The van der Waals surface area contributed by atoms with Crippen LogP contribution in [0.1, 0.15) is 12.0 Å². The first kappa shape index (κ1) is 16.1. The molecule has 2 atom stereocenters. The van der Waals surface area contributed by atoms with Crippen LogP contribution in [-0.2, 0) is 25.5 Å². The zero-order valence-corrected chi connectivity index (χ0v) is 14.8. The molecule has 1 aromatic heterocycles. The minimum absolute atomic E-state index is 0.252. The minimum atomic E-state index is -3.51. The molecule has 4 rings (SSSR count). The molecular weight excluding hydrogens is 352 g/mol. The van der Waals surface area contributed by atoms with Gasteiger partial charge in [0.25, 0.3) is 10.1 Å². The van der Waals surface area contributed by atoms with Crippen molar-refractivity contribution in [3.63, 3.8) is 0 Å². The van der Waals surface area contributed by atoms with Crippen molar-refractivity contribution < 1.29 is 22.1 Å². The van der Waals surface area contributed by atoms with Gasteiger partial charge in [-0.05, 0) is 12.1 Å². The molecule has 2 aliphatic heterocycles. The predicted molar refractivity (Wildman–Crippen MR) is 91.4 cm³/mol. The number of thiazole rings is 1. The summed E-state index contributed by atoms with van der Waals surface area (Å²) >= 11 is 1.54. The van der Waals surface area contributed by atoms with Crippen LogP contribution in [0.4, 0.5) is 5.13 Å². The van der Waals surface area contributed by atoms with Crippen molar-refractivity contribution in [2.45, 2.75) is 25.0 Å². The molecule has 0 radical (unpaired) electrons. The number of hydrogen-bond donors (Lipinski definition) is 1. The molecule has 0 saturated carbocycles. The fourth-order valence-electron chi connectivity index (χ4n) is 3.08. The number of nitrogens with zero attached hydrogens (tertiary/aromatic N) is 1. The zero-order chi connectivity index (χ0) is 16.7. The Hall–Kier alpha value is -1.42. The number of anilines is 1. The molecule has 7 nitrogen and oxygen atoms in total. The molecule has 1 N–H and O–H groups in total. The molecule has 2 aliphatic rings. The molecule has 0 spiro atoms. The van der Waals surface area contributed by atoms with Gasteiger partial charge in [0.2, 0.25) is 0 Å². The first-order chi connectivity index (χ1) is 11.5. The highest BCUT2D eigenvalue weighted by Crippen LogP contribution is 2.36. The van der Waals surface area contributed by atoms with E-state index in [9.17, 15) is 8.42 Å². The van der Waals surface area contributed by atoms with Gasteiger partial charge in [-0.15, -0.1) is 0 Å². The highest BCUT2D eigenvalue weighted by Gasteiger charge is 2.30. The van der Waals surface area contributed by atoms with Gasteiger partial charge in [-0.3, -0.25) is 4.18 Å². The van der Waals surface area contributed by atoms with E-state index in [1.54, 1.807) is 0 Å². The molecule has 130 valence electrons. The molecule has 0 aliphatic carbocycles. The summed E-state index contributed by atoms with van der Waals surface area (Å²) in [6.07, 6.45) is 2.01. The summed E-state index contributed by atoms with van der Waals surface area (Å²) in [4.78, 5) is 4.68. The van der Waals surface area contributed by atoms with Crippen molar-refractivity contribution in [1.82, 2.24) is 4.98 Å². The lowest BCUT2D eigenvalue weighted by Crippen LogP contribution is -2.44. The van der Waals surface area contributed by atoms with Gasteiger partial charge >= 0.3 is 0 Å². The van der Waals surface area contributed by atoms with Crippen LogP contribution in [0.2, 0.25) is 0 Å². The summed E-state index contributed by atoms with van der Waals surface area (Å²) in [5.41, 5.74) is 2.09. The van der Waals surface area contributed by atoms with Crippen LogP contribution in [0.5, 0.6) is 5.75 Å². The second kappa shape index (κ2) is 6.14. The van der Waals surface area contributed by atoms with E-state index in [0.29, 0.717) is 26.2 Å². The molecule has 0 unspecified atom stereocenters. The van der Waals surface area contributed by atoms with Crippen LogP contribution in [0.15, 0.2) is 12.1 Å². The molecule has 3 heterocycles. The molecule has 0 amide bonds. The molecule has 0 bridgehead atoms. The topological polar surface area (TPSA) is 86.8 Å². The fourth-order valence-corrected chi connectivity index (χ4v) is 4.72. The fraction of sp³-hybridized carbons (Fsp3) is 0.533. The van der Waals surface area contributed by atoms with E-state index in [0.717, 1.165) is 39.3 Å². The van der Waals surface area contributed by atoms with Crippen LogP contribution in [0.3, 0.4) is 0 Å². The molecule has 2 aromatic rings. The summed E-state index contributed by atoms with van der Waals surface area (Å²) in [5.74, 6) is 0.902. The third-order valence-corrected chi connectivity index (χ3v) is 5.68. The zero-order valence-electron chi connectivity index (χ0n) is 13.1. The first-order valence-electron chi connectivity index (χ1n) is 7.77. The third kappa shape index (κ3) is 3.21. The van der Waals surface area contributed by atoms with Crippen molar-refractivity contribution in [3.8, 4) is 5.75 Å². The number of aromatic nitrogens is 1. The van der Waals surface area contributed by atoms with Crippen molar-refractivity contribution in [2.75, 3.05) is 31.4 Å². The Labute approximate surface area is 144 Å². The number of fused-ring (bicyclic) bond motifs is 3. The summed E-state index contributed by atoms with van der Waals surface area (Å²) in [6, 6.07) is 3.73. The summed E-state index contributed by atoms with van der Waals surface area (Å²) < 4.78 is 40.2. The van der Waals surface area contributed by atoms with E-state index in [1.807, 2.05) is 12.1 Å². The number of nitrogens with one attached hydrogen (secondary N) is 1. The standard InChI is InChI=1S/C15H18N2O5S2/c1-24(18,19)22-12-5-6-20-8-10(12)16-15-17-14-9-4-7-21-11(9)2-3-13(14)23-15/h2-3,10,12H,4-8H2,1H3,(H,16,17)/t10-,12+/m1/s1. The monoisotopic (exact) mass is 370 g/mol. The summed E-state index contributed by atoms with van der Waals surface area (Å²) in [6.45, 7) is 1.57. The number of hydrogen-bond acceptors (Lipinski definition) is 8. The van der Waals surface area contributed by atoms with Crippen molar-refractivity contribution in [2.24, 2.45) is 0 Å². The minimum Gasteiger partial charge on any atom is -0.493 e. The second-order valence-corrected chi connectivity index (χ2v) is 8.59. The van der Waals surface area contributed by atoms with Crippen molar-refractivity contribution in [3.05, 3.63) is 17.7 Å². The highest BCUT2D eigenvalue weighted by atomic mass is 32.2. The van der Waals surface area contributed by atoms with Crippen LogP contribution < -0.4 is 10.1 Å². The van der Waals surface area contributed by atoms with E-state index in [2.05, 4.69) is 10.3 Å². The second-order valence-electron chi connectivity index (χ2n) is 5.96. The molecule has 24 heavy (non-hydrogen) atoms. The maximum Gasteiger partial charge on any atom is 0.264 e. The SMILES string of the molecule is CS(=O)(=O)O[C@H]1CCOC[C@H]1Nc1nc2c3c(ccc2s1)OCC3. The van der Waals surface area contributed by atoms with Crippen LogP contribution in [0, 0.1) is 0 Å². The Morgan fingerprint density at radius 2 is 2.25 bits per heavy atom. The smallest absolute Gasteiger partial charge is 0.264 e. The third-order valence-electron chi connectivity index (χ3n) is 4.13. The van der Waals surface area contributed by atoms with Crippen LogP contribution >= 0.6 is 11.3 Å². The molecular formula is C15H18N2O5S2. The van der Waals surface area contributed by atoms with Gasteiger partial charge in [-0.25, -0.2) is 4.98 Å². The van der Waals surface area contributed by atoms with Crippen LogP contribution in [0.25, 0.3) is 10.2 Å². The van der Waals surface area contributed by atoms with Gasteiger partial charge in [0.15, 0.2) is 5.13 Å². The van der Waals surface area contributed by atoms with Gasteiger partial charge in [0.1, 0.15) is 11.9 Å². The first-order valence-corrected chi connectivity index (χ1v) is 10.4. The normalized spacial score (nSPS) is 23.9. The average Bonchev–Trinajstić information content (AvgIpc) is 3.12. The van der Waals surface area contributed by atoms with E-state index < -0.39 is 16.2 Å². The van der Waals surface area contributed by atoms with Crippen LogP contribution in [-0.4, -0.2) is 51.6 Å². The molecule has 1 aromatic carbocycles. The summed E-state index contributed by atoms with van der Waals surface area (Å²) in [5, 5.41) is 4.03. The quantitative estimate of drug-likeness (QED) is 0.821. The Bertz CT molecular complexity index is 864. The van der Waals surface area contributed by atoms with Crippen molar-refractivity contribution >= 4 is 36.8 Å². The lowest BCUT2D eigenvalue weighted by Gasteiger charge is -2.30. The number of rotatable bonds is 4. The Morgan fingerprint density at radius 1 is 1.38 bits per heavy atom. The van der Waals surface area contributed by atoms with Crippen molar-refractivity contribution in [1.29, 1.82) is 0 Å². The predicted octanol–water partition coefficient (Wildman–Crippen LogP) is 1.78. The van der Waals surface area contributed by atoms with Gasteiger partial charge < -0.3 is 14.8 Å². The maximum absolute atomic E-state index is 11.4. The van der Waals surface area contributed by atoms with Gasteiger partial charge in [0, 0.05) is 25.0 Å². The van der Waals surface area contributed by atoms with Gasteiger partial charge in [-0.2, -0.15) is 8.42 Å². The Balaban J connectivity index is 1.58. The highest BCUT2D eigenvalue weighted by molar-refractivity contribution is 7.86. The largest absolute Gasteiger partial charge is 0.493 e. The molecule has 1 saturated heterocycles. The van der Waals surface area contributed by atoms with Gasteiger partial charge in [0.05, 0.1) is 35.7 Å². The lowest BCUT2D eigenvalue weighted by atomic mass is 10.1. The van der Waals surface area contributed by atoms with E-state index in [-0.39, 0.29) is 6.04 Å². The maximum atomic E-state index is 11.4. The van der Waals surface area contributed by atoms with E-state index >= 15 is 0 Å². The van der Waals surface area contributed by atoms with Gasteiger partial charge in [-0.1, -0.05) is 11.3 Å². The number of ether oxygens (including phenoxy) is 2. The summed E-state index contributed by atoms with van der Waals surface area (Å²) in [7, 11) is -3.51. The molecule has 1 fully saturated rings.